The van der Waals surface area contributed by atoms with Gasteiger partial charge in [-0.05, 0) is 17.9 Å². The summed E-state index contributed by atoms with van der Waals surface area (Å²) >= 11 is 6.95. The highest BCUT2D eigenvalue weighted by atomic mass is 35.5. The fourth-order valence-electron chi connectivity index (χ4n) is 0.559. The highest BCUT2D eigenvalue weighted by molar-refractivity contribution is 7.98. The molecule has 0 unspecified atom stereocenters. The predicted octanol–water partition coefficient (Wildman–Crippen LogP) is 1.72. The summed E-state index contributed by atoms with van der Waals surface area (Å²) in [6.07, 6.45) is 1.86. The van der Waals surface area contributed by atoms with Gasteiger partial charge in [-0.3, -0.25) is 0 Å². The van der Waals surface area contributed by atoms with Gasteiger partial charge < -0.3 is 0 Å². The summed E-state index contributed by atoms with van der Waals surface area (Å²) in [6, 6.07) is 3.49. The van der Waals surface area contributed by atoms with Crippen molar-refractivity contribution in [3.63, 3.8) is 0 Å². The molecule has 1 aromatic rings. The van der Waals surface area contributed by atoms with Crippen LogP contribution in [0.15, 0.2) is 11.1 Å². The summed E-state index contributed by atoms with van der Waals surface area (Å²) in [5.41, 5.74) is 0.300. The number of rotatable bonds is 1. The molecular formula is C6H4ClN3S. The third-order valence-corrected chi connectivity index (χ3v) is 1.80. The van der Waals surface area contributed by atoms with Crippen molar-refractivity contribution < 1.29 is 0 Å². The summed E-state index contributed by atoms with van der Waals surface area (Å²) in [5, 5.41) is 9.30. The first-order valence-corrected chi connectivity index (χ1v) is 4.35. The van der Waals surface area contributed by atoms with Gasteiger partial charge in [0.25, 0.3) is 0 Å². The smallest absolute Gasteiger partial charge is 0.211 e. The Hall–Kier alpha value is -0.790. The van der Waals surface area contributed by atoms with E-state index in [1.165, 1.54) is 11.8 Å². The summed E-state index contributed by atoms with van der Waals surface area (Å²) in [6.45, 7) is 0. The molecule has 0 aromatic carbocycles. The summed E-state index contributed by atoms with van der Waals surface area (Å²) < 4.78 is 0. The van der Waals surface area contributed by atoms with E-state index in [1.54, 1.807) is 6.07 Å². The van der Waals surface area contributed by atoms with E-state index in [4.69, 9.17) is 16.9 Å². The Morgan fingerprint density at radius 2 is 2.36 bits per heavy atom. The molecule has 11 heavy (non-hydrogen) atoms. The van der Waals surface area contributed by atoms with E-state index in [1.807, 2.05) is 12.3 Å². The van der Waals surface area contributed by atoms with Crippen molar-refractivity contribution in [1.29, 1.82) is 5.26 Å². The minimum atomic E-state index is 0.119. The zero-order chi connectivity index (χ0) is 8.27. The van der Waals surface area contributed by atoms with Crippen LogP contribution in [-0.2, 0) is 0 Å². The van der Waals surface area contributed by atoms with Crippen LogP contribution in [0.2, 0.25) is 5.28 Å². The van der Waals surface area contributed by atoms with Gasteiger partial charge in [-0.15, -0.1) is 11.8 Å². The van der Waals surface area contributed by atoms with E-state index in [9.17, 15) is 0 Å². The van der Waals surface area contributed by atoms with Crippen molar-refractivity contribution in [1.82, 2.24) is 9.97 Å². The number of halogens is 1. The average molecular weight is 186 g/mol. The quantitative estimate of drug-likeness (QED) is 0.380. The maximum absolute atomic E-state index is 8.47. The Bertz CT molecular complexity index is 307. The lowest BCUT2D eigenvalue weighted by molar-refractivity contribution is 1.03. The maximum atomic E-state index is 8.47. The van der Waals surface area contributed by atoms with Crippen LogP contribution in [-0.4, -0.2) is 16.2 Å². The maximum Gasteiger partial charge on any atom is 0.224 e. The highest BCUT2D eigenvalue weighted by Crippen LogP contribution is 2.14. The largest absolute Gasteiger partial charge is 0.224 e. The van der Waals surface area contributed by atoms with E-state index in [2.05, 4.69) is 9.97 Å². The number of aromatic nitrogens is 2. The highest BCUT2D eigenvalue weighted by Gasteiger charge is 1.99. The second kappa shape index (κ2) is 3.56. The normalized spacial score (nSPS) is 9.18. The van der Waals surface area contributed by atoms with Crippen LogP contribution in [0.5, 0.6) is 0 Å². The van der Waals surface area contributed by atoms with Crippen molar-refractivity contribution in [3.8, 4) is 6.07 Å². The van der Waals surface area contributed by atoms with Crippen molar-refractivity contribution in [2.45, 2.75) is 5.03 Å². The molecule has 5 heteroatoms. The minimum Gasteiger partial charge on any atom is -0.211 e. The molecule has 1 rings (SSSR count). The third kappa shape index (κ3) is 2.07. The first-order valence-electron chi connectivity index (χ1n) is 2.75. The molecule has 0 aliphatic heterocycles. The molecule has 0 aliphatic carbocycles. The van der Waals surface area contributed by atoms with Crippen molar-refractivity contribution in [2.24, 2.45) is 0 Å². The minimum absolute atomic E-state index is 0.119. The van der Waals surface area contributed by atoms with Crippen LogP contribution >= 0.6 is 23.4 Å². The Morgan fingerprint density at radius 1 is 1.64 bits per heavy atom. The molecular weight excluding hydrogens is 182 g/mol. The van der Waals surface area contributed by atoms with Crippen LogP contribution < -0.4 is 0 Å². The van der Waals surface area contributed by atoms with Gasteiger partial charge in [0.15, 0.2) is 0 Å². The van der Waals surface area contributed by atoms with E-state index in [0.717, 1.165) is 0 Å². The Kier molecular flexibility index (Phi) is 2.69. The van der Waals surface area contributed by atoms with Crippen LogP contribution in [0.1, 0.15) is 5.69 Å². The fraction of sp³-hybridized carbons (Fsp3) is 0.167. The molecule has 0 N–H and O–H groups in total. The summed E-state index contributed by atoms with van der Waals surface area (Å²) in [7, 11) is 0. The number of hydrogen-bond acceptors (Lipinski definition) is 4. The van der Waals surface area contributed by atoms with Crippen molar-refractivity contribution in [3.05, 3.63) is 17.0 Å². The zero-order valence-corrected chi connectivity index (χ0v) is 7.28. The molecule has 0 saturated heterocycles. The predicted molar refractivity (Wildman–Crippen MR) is 43.5 cm³/mol. The molecule has 0 amide bonds. The van der Waals surface area contributed by atoms with Gasteiger partial charge in [0.05, 0.1) is 0 Å². The topological polar surface area (TPSA) is 49.6 Å². The molecule has 0 bridgehead atoms. The molecule has 0 spiro atoms. The SMILES string of the molecule is CSc1cc(C#N)nc(Cl)n1. The fourth-order valence-corrected chi connectivity index (χ4v) is 1.20. The number of nitrogens with zero attached hydrogens (tertiary/aromatic N) is 3. The van der Waals surface area contributed by atoms with Crippen LogP contribution in [0, 0.1) is 11.3 Å². The van der Waals surface area contributed by atoms with Crippen molar-refractivity contribution >= 4 is 23.4 Å². The van der Waals surface area contributed by atoms with Gasteiger partial charge in [0.1, 0.15) is 16.8 Å². The van der Waals surface area contributed by atoms with E-state index < -0.39 is 0 Å². The van der Waals surface area contributed by atoms with E-state index in [0.29, 0.717) is 10.7 Å². The summed E-state index contributed by atoms with van der Waals surface area (Å²) in [4.78, 5) is 7.55. The molecule has 0 fully saturated rings. The number of thioether (sulfide) groups is 1. The lowest BCUT2D eigenvalue weighted by Crippen LogP contribution is -1.88. The molecule has 1 aromatic heterocycles. The molecule has 0 radical (unpaired) electrons. The first kappa shape index (κ1) is 8.31. The number of hydrogen-bond donors (Lipinski definition) is 0. The van der Waals surface area contributed by atoms with Crippen LogP contribution in [0.4, 0.5) is 0 Å². The van der Waals surface area contributed by atoms with E-state index >= 15 is 0 Å². The van der Waals surface area contributed by atoms with Gasteiger partial charge in [0, 0.05) is 6.07 Å². The van der Waals surface area contributed by atoms with Gasteiger partial charge in [-0.1, -0.05) is 0 Å². The molecule has 3 nitrogen and oxygen atoms in total. The number of nitriles is 1. The second-order valence-electron chi connectivity index (χ2n) is 1.68. The lowest BCUT2D eigenvalue weighted by atomic mass is 10.4. The molecule has 0 saturated carbocycles. The van der Waals surface area contributed by atoms with E-state index in [-0.39, 0.29) is 5.28 Å². The van der Waals surface area contributed by atoms with Gasteiger partial charge >= 0.3 is 0 Å². The van der Waals surface area contributed by atoms with Crippen LogP contribution in [0.25, 0.3) is 0 Å². The first-order chi connectivity index (χ1) is 5.26. The molecule has 0 atom stereocenters. The Labute approximate surface area is 73.4 Å². The molecule has 56 valence electrons. The van der Waals surface area contributed by atoms with Gasteiger partial charge in [-0.2, -0.15) is 5.26 Å². The Morgan fingerprint density at radius 3 is 2.91 bits per heavy atom. The van der Waals surface area contributed by atoms with Gasteiger partial charge in [0.2, 0.25) is 5.28 Å². The molecule has 0 aliphatic rings. The zero-order valence-electron chi connectivity index (χ0n) is 5.71. The molecule has 1 heterocycles. The monoisotopic (exact) mass is 185 g/mol. The van der Waals surface area contributed by atoms with Gasteiger partial charge in [-0.25, -0.2) is 9.97 Å². The van der Waals surface area contributed by atoms with Crippen molar-refractivity contribution in [2.75, 3.05) is 6.26 Å². The Balaban J connectivity index is 3.15. The van der Waals surface area contributed by atoms with Crippen LogP contribution in [0.3, 0.4) is 0 Å². The summed E-state index contributed by atoms with van der Waals surface area (Å²) in [5.74, 6) is 0. The average Bonchev–Trinajstić information content (AvgIpc) is 2.03. The third-order valence-electron chi connectivity index (χ3n) is 0.999. The second-order valence-corrected chi connectivity index (χ2v) is 2.84. The lowest BCUT2D eigenvalue weighted by Gasteiger charge is -1.94. The standard InChI is InChI=1S/C6H4ClN3S/c1-11-5-2-4(3-8)9-6(7)10-5/h2H,1H3.